The monoisotopic (exact) mass is 476 g/mol. The van der Waals surface area contributed by atoms with E-state index in [9.17, 15) is 20.1 Å². The summed E-state index contributed by atoms with van der Waals surface area (Å²) in [5, 5.41) is 35.1. The molecule has 0 amide bonds. The summed E-state index contributed by atoms with van der Waals surface area (Å²) < 4.78 is 10.4. The van der Waals surface area contributed by atoms with Crippen LogP contribution in [0.4, 0.5) is 0 Å². The highest BCUT2D eigenvalue weighted by Crippen LogP contribution is 2.21. The Morgan fingerprint density at radius 2 is 0.971 bits per heavy atom. The Balaban J connectivity index is 4.17. The van der Waals surface area contributed by atoms with E-state index in [2.05, 4.69) is 32.6 Å². The van der Waals surface area contributed by atoms with Gasteiger partial charge in [0.25, 0.3) is 0 Å². The predicted octanol–water partition coefficient (Wildman–Crippen LogP) is 5.48. The van der Waals surface area contributed by atoms with Crippen LogP contribution in [0, 0.1) is 22.7 Å². The number of unbranched alkanes of at least 4 members (excludes halogenated alkanes) is 1. The summed E-state index contributed by atoms with van der Waals surface area (Å²) in [5.41, 5.74) is -2.93. The molecular formula is C24H40N6O4. The number of nitriles is 2. The molecule has 0 aliphatic carbocycles. The molecule has 0 saturated carbocycles. The third-order valence-corrected chi connectivity index (χ3v) is 4.32. The number of carbonyl (C=O) groups excluding carboxylic acids is 2. The second-order valence-corrected chi connectivity index (χ2v) is 10.7. The van der Waals surface area contributed by atoms with E-state index in [-0.39, 0.29) is 38.9 Å². The average Bonchev–Trinajstić information content (AvgIpc) is 2.75. The van der Waals surface area contributed by atoms with Gasteiger partial charge in [0.2, 0.25) is 0 Å². The highest BCUT2D eigenvalue weighted by Gasteiger charge is 2.27. The van der Waals surface area contributed by atoms with Crippen molar-refractivity contribution in [3.63, 3.8) is 0 Å². The van der Waals surface area contributed by atoms with E-state index >= 15 is 0 Å². The molecule has 0 aromatic carbocycles. The molecule has 0 aliphatic rings. The molecule has 10 heteroatoms. The lowest BCUT2D eigenvalue weighted by atomic mass is 9.99. The number of ether oxygens (including phenoxy) is 2. The van der Waals surface area contributed by atoms with E-state index in [1.807, 2.05) is 41.5 Å². The Hall–Kier alpha value is -2.88. The first-order valence-electron chi connectivity index (χ1n) is 11.5. The van der Waals surface area contributed by atoms with E-state index in [0.29, 0.717) is 12.8 Å². The van der Waals surface area contributed by atoms with Crippen LogP contribution in [-0.4, -0.2) is 47.3 Å². The van der Waals surface area contributed by atoms with Gasteiger partial charge in [-0.05, 0) is 81.1 Å². The van der Waals surface area contributed by atoms with Crippen molar-refractivity contribution in [2.45, 2.75) is 116 Å². The molecule has 0 radical (unpaired) electrons. The van der Waals surface area contributed by atoms with E-state index in [4.69, 9.17) is 9.47 Å². The fraction of sp³-hybridized carbons (Fsp3) is 0.833. The van der Waals surface area contributed by atoms with Crippen LogP contribution in [0.3, 0.4) is 0 Å². The van der Waals surface area contributed by atoms with E-state index in [1.165, 1.54) is 0 Å². The lowest BCUT2D eigenvalue weighted by molar-refractivity contribution is -0.146. The molecule has 0 rings (SSSR count). The van der Waals surface area contributed by atoms with Crippen LogP contribution in [0.5, 0.6) is 0 Å². The van der Waals surface area contributed by atoms with Crippen LogP contribution in [0.2, 0.25) is 0 Å². The molecule has 0 fully saturated rings. The van der Waals surface area contributed by atoms with Gasteiger partial charge in [-0.25, -0.2) is 0 Å². The highest BCUT2D eigenvalue weighted by atomic mass is 16.5. The molecule has 2 atom stereocenters. The minimum atomic E-state index is -1.07. The lowest BCUT2D eigenvalue weighted by Gasteiger charge is -2.18. The summed E-state index contributed by atoms with van der Waals surface area (Å²) in [6, 6.07) is 4.18. The second kappa shape index (κ2) is 13.7. The number of carbonyl (C=O) groups is 2. The molecule has 0 N–H and O–H groups in total. The zero-order valence-electron chi connectivity index (χ0n) is 22.0. The van der Waals surface area contributed by atoms with Crippen molar-refractivity contribution in [1.29, 1.82) is 10.5 Å². The van der Waals surface area contributed by atoms with Crippen molar-refractivity contribution in [2.24, 2.45) is 20.5 Å². The molecule has 2 unspecified atom stereocenters. The first-order chi connectivity index (χ1) is 15.5. The van der Waals surface area contributed by atoms with Crippen LogP contribution < -0.4 is 0 Å². The summed E-state index contributed by atoms with van der Waals surface area (Å²) in [7, 11) is 0. The van der Waals surface area contributed by atoms with Crippen molar-refractivity contribution < 1.29 is 19.1 Å². The molecule has 190 valence electrons. The van der Waals surface area contributed by atoms with Gasteiger partial charge in [0, 0.05) is 12.8 Å². The summed E-state index contributed by atoms with van der Waals surface area (Å²) in [6.07, 6.45) is 1.63. The first-order valence-corrected chi connectivity index (χ1v) is 11.5. The number of rotatable bonds is 13. The molecule has 0 saturated heterocycles. The Morgan fingerprint density at radius 1 is 0.647 bits per heavy atom. The normalized spacial score (nSPS) is 15.8. The largest absolute Gasteiger partial charge is 0.466 e. The van der Waals surface area contributed by atoms with Crippen LogP contribution in [-0.2, 0) is 19.1 Å². The maximum Gasteiger partial charge on any atom is 0.305 e. The number of hydrogen-bond acceptors (Lipinski definition) is 10. The Kier molecular flexibility index (Phi) is 12.6. The summed E-state index contributed by atoms with van der Waals surface area (Å²) >= 11 is 0. The molecule has 10 nitrogen and oxygen atoms in total. The standard InChI is InChI=1S/C24H40N6O4/c1-21(2,3)27-29-23(7,17-25)13-11-19(31)33-15-9-10-16-34-20(32)12-14-24(8,18-26)30-28-22(4,5)6/h9-16H2,1-8H3. The van der Waals surface area contributed by atoms with Gasteiger partial charge in [0.15, 0.2) is 11.1 Å². The van der Waals surface area contributed by atoms with Crippen LogP contribution >= 0.6 is 0 Å². The SMILES string of the molecule is CC(C)(C)N=NC(C)(C#N)CCC(=O)OCCCCOC(=O)CCC(C)(C#N)N=NC(C)(C)C. The smallest absolute Gasteiger partial charge is 0.305 e. The minimum absolute atomic E-state index is 0.0619. The molecule has 0 bridgehead atoms. The Labute approximate surface area is 203 Å². The van der Waals surface area contributed by atoms with Crippen LogP contribution in [0.15, 0.2) is 20.5 Å². The quantitative estimate of drug-likeness (QED) is 0.195. The fourth-order valence-electron chi connectivity index (χ4n) is 2.19. The van der Waals surface area contributed by atoms with Gasteiger partial charge in [-0.3, -0.25) is 9.59 Å². The van der Waals surface area contributed by atoms with Gasteiger partial charge >= 0.3 is 11.9 Å². The third kappa shape index (κ3) is 15.8. The van der Waals surface area contributed by atoms with Crippen molar-refractivity contribution in [3.8, 4) is 12.1 Å². The van der Waals surface area contributed by atoms with E-state index in [1.54, 1.807) is 13.8 Å². The van der Waals surface area contributed by atoms with Gasteiger partial charge in [-0.15, -0.1) is 0 Å². The van der Waals surface area contributed by atoms with Gasteiger partial charge in [-0.1, -0.05) is 0 Å². The summed E-state index contributed by atoms with van der Waals surface area (Å²) in [4.78, 5) is 23.9. The molecule has 0 aliphatic heterocycles. The summed E-state index contributed by atoms with van der Waals surface area (Å²) in [5.74, 6) is -0.825. The number of esters is 2. The van der Waals surface area contributed by atoms with Gasteiger partial charge in [-0.2, -0.15) is 31.0 Å². The molecule has 0 aromatic heterocycles. The average molecular weight is 477 g/mol. The zero-order chi connectivity index (χ0) is 26.5. The number of nitrogens with zero attached hydrogens (tertiary/aromatic N) is 6. The third-order valence-electron chi connectivity index (χ3n) is 4.32. The minimum Gasteiger partial charge on any atom is -0.466 e. The van der Waals surface area contributed by atoms with Crippen molar-refractivity contribution in [3.05, 3.63) is 0 Å². The lowest BCUT2D eigenvalue weighted by Crippen LogP contribution is -2.23. The number of azo groups is 2. The maximum atomic E-state index is 11.9. The van der Waals surface area contributed by atoms with Crippen LogP contribution in [0.1, 0.15) is 93.9 Å². The predicted molar refractivity (Wildman–Crippen MR) is 127 cm³/mol. The van der Waals surface area contributed by atoms with Crippen molar-refractivity contribution >= 4 is 11.9 Å². The zero-order valence-corrected chi connectivity index (χ0v) is 22.0. The highest BCUT2D eigenvalue weighted by molar-refractivity contribution is 5.70. The molecule has 0 aromatic rings. The second-order valence-electron chi connectivity index (χ2n) is 10.7. The molecule has 0 spiro atoms. The maximum absolute atomic E-state index is 11.9. The molecule has 0 heterocycles. The number of hydrogen-bond donors (Lipinski definition) is 0. The van der Waals surface area contributed by atoms with Gasteiger partial charge < -0.3 is 9.47 Å². The van der Waals surface area contributed by atoms with Crippen LogP contribution in [0.25, 0.3) is 0 Å². The van der Waals surface area contributed by atoms with Crippen molar-refractivity contribution in [2.75, 3.05) is 13.2 Å². The Bertz CT molecular complexity index is 745. The van der Waals surface area contributed by atoms with Gasteiger partial charge in [0.05, 0.1) is 36.4 Å². The summed E-state index contributed by atoms with van der Waals surface area (Å²) in [6.45, 7) is 14.9. The van der Waals surface area contributed by atoms with E-state index < -0.39 is 34.1 Å². The molecular weight excluding hydrogens is 436 g/mol. The first kappa shape index (κ1) is 31.1. The van der Waals surface area contributed by atoms with E-state index in [0.717, 1.165) is 0 Å². The van der Waals surface area contributed by atoms with Crippen molar-refractivity contribution in [1.82, 2.24) is 0 Å². The van der Waals surface area contributed by atoms with Gasteiger partial charge in [0.1, 0.15) is 0 Å². The fourth-order valence-corrected chi connectivity index (χ4v) is 2.19. The Morgan fingerprint density at radius 3 is 1.24 bits per heavy atom. The molecule has 34 heavy (non-hydrogen) atoms. The topological polar surface area (TPSA) is 150 Å².